The lowest BCUT2D eigenvalue weighted by Crippen LogP contribution is -2.19. The summed E-state index contributed by atoms with van der Waals surface area (Å²) in [5.74, 6) is 1.31. The lowest BCUT2D eigenvalue weighted by molar-refractivity contribution is -0.153. The lowest BCUT2D eigenvalue weighted by atomic mass is 9.77. The van der Waals surface area contributed by atoms with Crippen molar-refractivity contribution in [1.82, 2.24) is 0 Å². The number of alkyl halides is 3. The van der Waals surface area contributed by atoms with Gasteiger partial charge in [-0.2, -0.15) is 13.2 Å². The summed E-state index contributed by atoms with van der Waals surface area (Å²) in [5.41, 5.74) is 2.86. The van der Waals surface area contributed by atoms with Crippen LogP contribution in [0.1, 0.15) is 61.1 Å². The van der Waals surface area contributed by atoms with Gasteiger partial charge in [-0.1, -0.05) is 42.5 Å². The summed E-state index contributed by atoms with van der Waals surface area (Å²) in [5, 5.41) is 1.57. The van der Waals surface area contributed by atoms with Crippen molar-refractivity contribution in [2.45, 2.75) is 63.5 Å². The third-order valence-electron chi connectivity index (χ3n) is 7.35. The fourth-order valence-corrected chi connectivity index (χ4v) is 5.30. The average molecular weight is 503 g/mol. The van der Waals surface area contributed by atoms with Crippen molar-refractivity contribution < 1.29 is 27.0 Å². The number of fused-ring (bicyclic) bond motifs is 1. The largest absolute Gasteiger partial charge is 0.484 e. The van der Waals surface area contributed by atoms with Crippen LogP contribution < -0.4 is 4.74 Å². The first-order valence-electron chi connectivity index (χ1n) is 12.8. The molecule has 1 aliphatic rings. The number of ether oxygens (including phenoxy) is 2. The summed E-state index contributed by atoms with van der Waals surface area (Å²) in [6, 6.07) is 16.5. The third-order valence-corrected chi connectivity index (χ3v) is 7.35. The minimum Gasteiger partial charge on any atom is -0.484 e. The molecule has 3 aromatic carbocycles. The van der Waals surface area contributed by atoms with E-state index in [0.29, 0.717) is 29.7 Å². The Hall–Kier alpha value is -2.60. The van der Waals surface area contributed by atoms with Gasteiger partial charge < -0.3 is 9.47 Å². The first-order chi connectivity index (χ1) is 17.3. The van der Waals surface area contributed by atoms with Gasteiger partial charge in [-0.05, 0) is 97.4 Å². The molecule has 1 aliphatic carbocycles. The summed E-state index contributed by atoms with van der Waals surface area (Å²) in [7, 11) is 1.75. The number of benzene rings is 3. The van der Waals surface area contributed by atoms with E-state index in [1.807, 2.05) is 18.2 Å². The van der Waals surface area contributed by atoms with E-state index in [4.69, 9.17) is 9.47 Å². The molecule has 3 aromatic rings. The lowest BCUT2D eigenvalue weighted by Gasteiger charge is -2.29. The maximum atomic E-state index is 15.3. The molecule has 0 atom stereocenters. The van der Waals surface area contributed by atoms with E-state index >= 15 is 4.39 Å². The van der Waals surface area contributed by atoms with E-state index in [-0.39, 0.29) is 11.6 Å². The SMILES string of the molecule is COCCCC1CCC(c2ccc3c(F)c(CCc4ccc(OCC(F)(F)F)cc4)ccc3c2)CC1. The van der Waals surface area contributed by atoms with Gasteiger partial charge in [0.25, 0.3) is 0 Å². The Morgan fingerprint density at radius 1 is 0.889 bits per heavy atom. The Labute approximate surface area is 210 Å². The number of hydrogen-bond donors (Lipinski definition) is 0. The maximum absolute atomic E-state index is 15.3. The normalized spacial score (nSPS) is 18.5. The van der Waals surface area contributed by atoms with Gasteiger partial charge in [0.05, 0.1) is 0 Å². The number of halogens is 4. The van der Waals surface area contributed by atoms with E-state index in [0.717, 1.165) is 29.9 Å². The van der Waals surface area contributed by atoms with Crippen molar-refractivity contribution in [1.29, 1.82) is 0 Å². The second kappa shape index (κ2) is 12.1. The second-order valence-corrected chi connectivity index (χ2v) is 9.92. The highest BCUT2D eigenvalue weighted by molar-refractivity contribution is 5.84. The quantitative estimate of drug-likeness (QED) is 0.205. The molecule has 0 saturated heterocycles. The first-order valence-corrected chi connectivity index (χ1v) is 12.8. The molecule has 6 heteroatoms. The number of hydrogen-bond acceptors (Lipinski definition) is 2. The zero-order valence-electron chi connectivity index (χ0n) is 20.8. The Balaban J connectivity index is 1.34. The van der Waals surface area contributed by atoms with Gasteiger partial charge in [0, 0.05) is 19.1 Å². The van der Waals surface area contributed by atoms with E-state index < -0.39 is 12.8 Å². The molecule has 1 fully saturated rings. The zero-order valence-corrected chi connectivity index (χ0v) is 20.8. The Morgan fingerprint density at radius 3 is 2.33 bits per heavy atom. The summed E-state index contributed by atoms with van der Waals surface area (Å²) in [4.78, 5) is 0. The van der Waals surface area contributed by atoms with Gasteiger partial charge in [-0.25, -0.2) is 4.39 Å². The Bertz CT molecular complexity index is 1120. The molecule has 2 nitrogen and oxygen atoms in total. The van der Waals surface area contributed by atoms with Crippen LogP contribution in [-0.4, -0.2) is 26.5 Å². The monoisotopic (exact) mass is 502 g/mol. The minimum absolute atomic E-state index is 0.170. The highest BCUT2D eigenvalue weighted by Crippen LogP contribution is 2.38. The molecule has 36 heavy (non-hydrogen) atoms. The second-order valence-electron chi connectivity index (χ2n) is 9.92. The highest BCUT2D eigenvalue weighted by Gasteiger charge is 2.28. The molecular weight excluding hydrogens is 468 g/mol. The fraction of sp³-hybridized carbons (Fsp3) is 0.467. The standard InChI is InChI=1S/C30H34F4O2/c1-35-18-2-3-21-4-9-23(10-5-21)25-14-17-28-26(19-25)13-12-24(29(28)31)11-6-22-7-15-27(16-8-22)36-20-30(32,33)34/h7-8,12-17,19,21,23H,2-6,9-11,18,20H2,1H3. The van der Waals surface area contributed by atoms with Crippen LogP contribution in [-0.2, 0) is 17.6 Å². The molecule has 0 bridgehead atoms. The molecule has 194 valence electrons. The molecule has 0 radical (unpaired) electrons. The van der Waals surface area contributed by atoms with Gasteiger partial charge in [0.15, 0.2) is 6.61 Å². The maximum Gasteiger partial charge on any atom is 0.422 e. The van der Waals surface area contributed by atoms with Crippen LogP contribution in [0.5, 0.6) is 5.75 Å². The molecule has 0 N–H and O–H groups in total. The van der Waals surface area contributed by atoms with E-state index in [9.17, 15) is 13.2 Å². The van der Waals surface area contributed by atoms with Crippen molar-refractivity contribution in [2.24, 2.45) is 5.92 Å². The van der Waals surface area contributed by atoms with Gasteiger partial charge in [0.1, 0.15) is 11.6 Å². The smallest absolute Gasteiger partial charge is 0.422 e. The summed E-state index contributed by atoms with van der Waals surface area (Å²) < 4.78 is 62.1. The molecule has 0 aliphatic heterocycles. The predicted molar refractivity (Wildman–Crippen MR) is 135 cm³/mol. The average Bonchev–Trinajstić information content (AvgIpc) is 2.88. The van der Waals surface area contributed by atoms with E-state index in [2.05, 4.69) is 12.1 Å². The summed E-state index contributed by atoms with van der Waals surface area (Å²) in [6.45, 7) is -0.475. The van der Waals surface area contributed by atoms with Crippen LogP contribution in [0.25, 0.3) is 10.8 Å². The topological polar surface area (TPSA) is 18.5 Å². The van der Waals surface area contributed by atoms with Crippen LogP contribution in [0.4, 0.5) is 17.6 Å². The zero-order chi connectivity index (χ0) is 25.5. The van der Waals surface area contributed by atoms with Crippen LogP contribution in [0.15, 0.2) is 54.6 Å². The molecule has 0 amide bonds. The molecule has 1 saturated carbocycles. The molecule has 0 spiro atoms. The minimum atomic E-state index is -4.36. The van der Waals surface area contributed by atoms with Gasteiger partial charge in [0.2, 0.25) is 0 Å². The van der Waals surface area contributed by atoms with Crippen molar-refractivity contribution in [3.8, 4) is 5.75 Å². The Kier molecular flexibility index (Phi) is 8.89. The predicted octanol–water partition coefficient (Wildman–Crippen LogP) is 8.41. The number of rotatable bonds is 10. The van der Waals surface area contributed by atoms with Gasteiger partial charge >= 0.3 is 6.18 Å². The Morgan fingerprint density at radius 2 is 1.64 bits per heavy atom. The van der Waals surface area contributed by atoms with Gasteiger partial charge in [-0.15, -0.1) is 0 Å². The van der Waals surface area contributed by atoms with E-state index in [1.165, 1.54) is 49.8 Å². The third kappa shape index (κ3) is 7.22. The molecule has 0 aromatic heterocycles. The van der Waals surface area contributed by atoms with Crippen molar-refractivity contribution in [3.63, 3.8) is 0 Å². The van der Waals surface area contributed by atoms with Crippen molar-refractivity contribution >= 4 is 10.8 Å². The molecular formula is C30H34F4O2. The molecule has 4 rings (SSSR count). The molecule has 0 unspecified atom stereocenters. The van der Waals surface area contributed by atoms with Crippen LogP contribution >= 0.6 is 0 Å². The molecule has 0 heterocycles. The van der Waals surface area contributed by atoms with Gasteiger partial charge in [-0.3, -0.25) is 0 Å². The fourth-order valence-electron chi connectivity index (χ4n) is 5.30. The first kappa shape index (κ1) is 26.5. The van der Waals surface area contributed by atoms with Crippen LogP contribution in [0, 0.1) is 11.7 Å². The summed E-state index contributed by atoms with van der Waals surface area (Å²) >= 11 is 0. The van der Waals surface area contributed by atoms with Crippen molar-refractivity contribution in [3.05, 3.63) is 77.1 Å². The summed E-state index contributed by atoms with van der Waals surface area (Å²) in [6.07, 6.45) is 3.97. The van der Waals surface area contributed by atoms with Crippen molar-refractivity contribution in [2.75, 3.05) is 20.3 Å². The van der Waals surface area contributed by atoms with Crippen LogP contribution in [0.3, 0.4) is 0 Å². The number of aryl methyl sites for hydroxylation is 2. The number of methoxy groups -OCH3 is 1. The van der Waals surface area contributed by atoms with E-state index in [1.54, 1.807) is 19.2 Å². The highest BCUT2D eigenvalue weighted by atomic mass is 19.4. The van der Waals surface area contributed by atoms with Crippen LogP contribution in [0.2, 0.25) is 0 Å².